The summed E-state index contributed by atoms with van der Waals surface area (Å²) in [5.74, 6) is -1.20. The largest absolute Gasteiger partial charge is 0.507 e. The number of ketones is 1. The van der Waals surface area contributed by atoms with E-state index in [1.54, 1.807) is 43.3 Å². The Kier molecular flexibility index (Phi) is 9.31. The molecule has 10 nitrogen and oxygen atoms in total. The number of amides is 1. The van der Waals surface area contributed by atoms with Crippen molar-refractivity contribution in [3.63, 3.8) is 0 Å². The van der Waals surface area contributed by atoms with E-state index >= 15 is 0 Å². The number of ether oxygens (including phenoxy) is 4. The van der Waals surface area contributed by atoms with Gasteiger partial charge in [-0.2, -0.15) is 0 Å². The number of hydrogen-bond acceptors (Lipinski definition) is 10. The molecule has 1 amide bonds. The summed E-state index contributed by atoms with van der Waals surface area (Å²) in [6.45, 7) is 9.59. The minimum Gasteiger partial charge on any atom is -0.507 e. The Hall–Kier alpha value is -5.42. The lowest BCUT2D eigenvalue weighted by Crippen LogP contribution is -2.29. The van der Waals surface area contributed by atoms with E-state index in [0.29, 0.717) is 53.7 Å². The van der Waals surface area contributed by atoms with Crippen LogP contribution in [0, 0.1) is 6.92 Å². The number of rotatable bonds is 11. The van der Waals surface area contributed by atoms with Crippen molar-refractivity contribution < 1.29 is 38.4 Å². The van der Waals surface area contributed by atoms with E-state index in [1.807, 2.05) is 44.2 Å². The molecule has 1 N–H and O–H groups in total. The molecule has 4 aromatic rings. The summed E-state index contributed by atoms with van der Waals surface area (Å²) in [4.78, 5) is 46.4. The number of Topliss-reactive ketones (excluding diaryl/α,β-unsaturated/α-hetero) is 1. The predicted molar refractivity (Wildman–Crippen MR) is 181 cm³/mol. The van der Waals surface area contributed by atoms with Gasteiger partial charge < -0.3 is 24.1 Å². The summed E-state index contributed by atoms with van der Waals surface area (Å²) in [5.41, 5.74) is 2.88. The molecule has 3 aromatic carbocycles. The van der Waals surface area contributed by atoms with Crippen molar-refractivity contribution in [3.05, 3.63) is 118 Å². The molecule has 2 aliphatic heterocycles. The van der Waals surface area contributed by atoms with E-state index in [9.17, 15) is 19.5 Å². The Morgan fingerprint density at radius 1 is 1.10 bits per heavy atom. The van der Waals surface area contributed by atoms with Gasteiger partial charge in [0.2, 0.25) is 0 Å². The Labute approximate surface area is 281 Å². The molecule has 0 radical (unpaired) electrons. The van der Waals surface area contributed by atoms with Crippen LogP contribution in [0.25, 0.3) is 5.76 Å². The average molecular weight is 667 g/mol. The molecule has 6 rings (SSSR count). The highest BCUT2D eigenvalue weighted by Crippen LogP contribution is 2.46. The highest BCUT2D eigenvalue weighted by atomic mass is 32.1. The van der Waals surface area contributed by atoms with Crippen LogP contribution in [-0.2, 0) is 27.4 Å². The zero-order valence-electron chi connectivity index (χ0n) is 26.7. The van der Waals surface area contributed by atoms with Crippen LogP contribution >= 0.6 is 11.3 Å². The number of anilines is 1. The van der Waals surface area contributed by atoms with Gasteiger partial charge in [0.15, 0.2) is 16.6 Å². The molecule has 3 heterocycles. The molecule has 0 saturated carbocycles. The standard InChI is InChI=1S/C37H34N2O8S/c1-5-16-45-36(43)34-22(4)38-37(48-34)39-31(24-12-15-28(29(19-24)44-6-2)46-20-23-10-8-7-9-11-23)30(33(41)35(39)42)32(40)25-13-14-27-26(18-25)17-21(3)47-27/h5,7-15,18-19,21,31,40H,1,6,16-17,20H2,2-4H3/b32-30+. The van der Waals surface area contributed by atoms with Gasteiger partial charge in [-0.3, -0.25) is 14.5 Å². The third-order valence-corrected chi connectivity index (χ3v) is 9.08. The van der Waals surface area contributed by atoms with Crippen molar-refractivity contribution in [2.24, 2.45) is 0 Å². The van der Waals surface area contributed by atoms with Gasteiger partial charge in [0.05, 0.1) is 23.9 Å². The molecule has 1 saturated heterocycles. The van der Waals surface area contributed by atoms with E-state index in [0.717, 1.165) is 22.5 Å². The molecule has 2 atom stereocenters. The van der Waals surface area contributed by atoms with Crippen molar-refractivity contribution >= 4 is 39.9 Å². The first-order chi connectivity index (χ1) is 23.2. The Morgan fingerprint density at radius 2 is 1.90 bits per heavy atom. The van der Waals surface area contributed by atoms with Crippen molar-refractivity contribution in [2.75, 3.05) is 18.1 Å². The molecule has 2 aliphatic rings. The van der Waals surface area contributed by atoms with Gasteiger partial charge in [-0.15, -0.1) is 0 Å². The molecule has 48 heavy (non-hydrogen) atoms. The summed E-state index contributed by atoms with van der Waals surface area (Å²) in [6.07, 6.45) is 2.06. The third kappa shape index (κ3) is 6.28. The molecule has 0 aliphatic carbocycles. The van der Waals surface area contributed by atoms with E-state index in [4.69, 9.17) is 18.9 Å². The van der Waals surface area contributed by atoms with E-state index in [1.165, 1.54) is 11.0 Å². The minimum atomic E-state index is -1.11. The first kappa shape index (κ1) is 32.5. The molecule has 0 bridgehead atoms. The fourth-order valence-electron chi connectivity index (χ4n) is 5.76. The minimum absolute atomic E-state index is 0.000482. The summed E-state index contributed by atoms with van der Waals surface area (Å²) in [5, 5.41) is 11.9. The highest BCUT2D eigenvalue weighted by molar-refractivity contribution is 7.17. The Balaban J connectivity index is 1.47. The summed E-state index contributed by atoms with van der Waals surface area (Å²) in [7, 11) is 0. The SMILES string of the molecule is C=CCOC(=O)c1sc(N2C(=O)C(=O)/C(=C(/O)c3ccc4c(c3)CC(C)O4)C2c2ccc(OCc3ccccc3)c(OCC)c2)nc1C. The topological polar surface area (TPSA) is 124 Å². The number of aliphatic hydroxyl groups is 1. The van der Waals surface area contributed by atoms with Gasteiger partial charge in [-0.25, -0.2) is 9.78 Å². The van der Waals surface area contributed by atoms with Crippen LogP contribution in [0.2, 0.25) is 0 Å². The Morgan fingerprint density at radius 3 is 2.65 bits per heavy atom. The fraction of sp³-hybridized carbons (Fsp3) is 0.243. The van der Waals surface area contributed by atoms with Crippen molar-refractivity contribution in [2.45, 2.75) is 45.9 Å². The maximum absolute atomic E-state index is 13.9. The van der Waals surface area contributed by atoms with Gasteiger partial charge in [0, 0.05) is 12.0 Å². The first-order valence-electron chi connectivity index (χ1n) is 15.5. The third-order valence-electron chi connectivity index (χ3n) is 7.94. The zero-order chi connectivity index (χ0) is 33.9. The first-order valence-corrected chi connectivity index (χ1v) is 16.3. The number of aromatic nitrogens is 1. The van der Waals surface area contributed by atoms with Gasteiger partial charge in [0.1, 0.15) is 35.7 Å². The van der Waals surface area contributed by atoms with E-state index < -0.39 is 23.7 Å². The van der Waals surface area contributed by atoms with Crippen LogP contribution in [0.5, 0.6) is 17.2 Å². The summed E-state index contributed by atoms with van der Waals surface area (Å²) < 4.78 is 23.1. The van der Waals surface area contributed by atoms with Crippen molar-refractivity contribution in [1.29, 1.82) is 0 Å². The molecule has 11 heteroatoms. The number of carbonyl (C=O) groups is 3. The monoisotopic (exact) mass is 666 g/mol. The molecule has 0 spiro atoms. The average Bonchev–Trinajstić information content (AvgIpc) is 3.74. The number of benzene rings is 3. The summed E-state index contributed by atoms with van der Waals surface area (Å²) >= 11 is 0.925. The van der Waals surface area contributed by atoms with Gasteiger partial charge >= 0.3 is 11.9 Å². The van der Waals surface area contributed by atoms with Crippen molar-refractivity contribution in [1.82, 2.24) is 4.98 Å². The number of nitrogens with zero attached hydrogens (tertiary/aromatic N) is 2. The number of carbonyl (C=O) groups excluding carboxylic acids is 3. The smallest absolute Gasteiger partial charge is 0.350 e. The van der Waals surface area contributed by atoms with Crippen LogP contribution in [0.4, 0.5) is 5.13 Å². The number of esters is 1. The van der Waals surface area contributed by atoms with Crippen molar-refractivity contribution in [3.8, 4) is 17.2 Å². The maximum Gasteiger partial charge on any atom is 0.350 e. The predicted octanol–water partition coefficient (Wildman–Crippen LogP) is 6.72. The second-order valence-corrected chi connectivity index (χ2v) is 12.3. The van der Waals surface area contributed by atoms with Crippen LogP contribution in [-0.4, -0.2) is 47.1 Å². The van der Waals surface area contributed by atoms with Gasteiger partial charge in [-0.05, 0) is 67.8 Å². The number of thiazole rings is 1. The fourth-order valence-corrected chi connectivity index (χ4v) is 6.75. The second-order valence-electron chi connectivity index (χ2n) is 11.3. The maximum atomic E-state index is 13.9. The zero-order valence-corrected chi connectivity index (χ0v) is 27.5. The number of aryl methyl sites for hydroxylation is 1. The lowest BCUT2D eigenvalue weighted by atomic mass is 9.94. The number of fused-ring (bicyclic) bond motifs is 1. The van der Waals surface area contributed by atoms with Crippen LogP contribution < -0.4 is 19.1 Å². The van der Waals surface area contributed by atoms with Gasteiger partial charge in [-0.1, -0.05) is 60.4 Å². The van der Waals surface area contributed by atoms with Crippen LogP contribution in [0.1, 0.15) is 57.5 Å². The van der Waals surface area contributed by atoms with Gasteiger partial charge in [0.25, 0.3) is 5.78 Å². The van der Waals surface area contributed by atoms with E-state index in [-0.39, 0.29) is 34.1 Å². The summed E-state index contributed by atoms with van der Waals surface area (Å²) in [6, 6.07) is 18.9. The highest BCUT2D eigenvalue weighted by Gasteiger charge is 2.49. The number of hydrogen-bond donors (Lipinski definition) is 1. The molecular formula is C37H34N2O8S. The molecule has 246 valence electrons. The lowest BCUT2D eigenvalue weighted by Gasteiger charge is -2.24. The Bertz CT molecular complexity index is 1930. The molecule has 2 unspecified atom stereocenters. The molecule has 1 aromatic heterocycles. The quantitative estimate of drug-likeness (QED) is 0.0611. The van der Waals surface area contributed by atoms with Crippen LogP contribution in [0.3, 0.4) is 0 Å². The van der Waals surface area contributed by atoms with E-state index in [2.05, 4.69) is 11.6 Å². The normalized spacial score (nSPS) is 17.9. The molecular weight excluding hydrogens is 632 g/mol. The van der Waals surface area contributed by atoms with Crippen LogP contribution in [0.15, 0.2) is 85.0 Å². The second kappa shape index (κ2) is 13.7. The number of aliphatic hydroxyl groups excluding tert-OH is 1. The molecule has 1 fully saturated rings. The lowest BCUT2D eigenvalue weighted by molar-refractivity contribution is -0.132.